The number of aliphatic carboxylic acids is 1. The number of carbonyl (C=O) groups is 2. The van der Waals surface area contributed by atoms with Crippen molar-refractivity contribution >= 4 is 23.4 Å². The topological polar surface area (TPSA) is 118 Å². The Morgan fingerprint density at radius 2 is 1.57 bits per heavy atom. The second-order valence-electron chi connectivity index (χ2n) is 12.9. The fourth-order valence-corrected chi connectivity index (χ4v) is 6.58. The van der Waals surface area contributed by atoms with Crippen LogP contribution < -0.4 is 15.5 Å². The quantitative estimate of drug-likeness (QED) is 0.167. The van der Waals surface area contributed by atoms with Gasteiger partial charge in [-0.25, -0.2) is 4.79 Å². The van der Waals surface area contributed by atoms with Crippen LogP contribution in [-0.2, 0) is 39.2 Å². The van der Waals surface area contributed by atoms with Gasteiger partial charge in [0.2, 0.25) is 0 Å². The van der Waals surface area contributed by atoms with Gasteiger partial charge in [-0.1, -0.05) is 6.92 Å². The average Bonchev–Trinajstić information content (AvgIpc) is 3.08. The van der Waals surface area contributed by atoms with Gasteiger partial charge in [0, 0.05) is 25.4 Å². The molecule has 1 fully saturated rings. The van der Waals surface area contributed by atoms with Crippen molar-refractivity contribution in [1.82, 2.24) is 4.98 Å². The summed E-state index contributed by atoms with van der Waals surface area (Å²) in [6.07, 6.45) is -15.9. The molecule has 3 aromatic rings. The minimum Gasteiger partial charge on any atom is -0.481 e. The predicted octanol–water partition coefficient (Wildman–Crippen LogP) is 7.97. The van der Waals surface area contributed by atoms with E-state index in [-0.39, 0.29) is 66.4 Å². The molecule has 9 nitrogen and oxygen atoms in total. The van der Waals surface area contributed by atoms with E-state index in [0.29, 0.717) is 44.1 Å². The minimum atomic E-state index is -5.13. The zero-order valence-electron chi connectivity index (χ0n) is 28.2. The number of nitrogens with two attached hydrogens (primary N) is 1. The highest BCUT2D eigenvalue weighted by atomic mass is 19.4. The van der Waals surface area contributed by atoms with Gasteiger partial charge in [0.25, 0.3) is 0 Å². The number of aromatic nitrogens is 1. The Morgan fingerprint density at radius 1 is 0.943 bits per heavy atom. The lowest BCUT2D eigenvalue weighted by Crippen LogP contribution is -2.61. The van der Waals surface area contributed by atoms with Gasteiger partial charge in [-0.15, -0.1) is 0 Å². The van der Waals surface area contributed by atoms with Crippen LogP contribution in [0.1, 0.15) is 77.6 Å². The van der Waals surface area contributed by atoms with E-state index in [1.807, 2.05) is 4.90 Å². The summed E-state index contributed by atoms with van der Waals surface area (Å²) in [7, 11) is 0. The molecule has 3 N–H and O–H groups in total. The summed E-state index contributed by atoms with van der Waals surface area (Å²) in [6, 6.07) is 5.26. The summed E-state index contributed by atoms with van der Waals surface area (Å²) in [5.41, 5.74) is 1.04. The second-order valence-corrected chi connectivity index (χ2v) is 12.9. The molecule has 0 spiro atoms. The molecule has 5 rings (SSSR count). The Labute approximate surface area is 297 Å². The number of anilines is 2. The van der Waals surface area contributed by atoms with Gasteiger partial charge in [0.1, 0.15) is 5.66 Å². The van der Waals surface area contributed by atoms with E-state index in [1.165, 1.54) is 12.3 Å². The molecule has 1 amide bonds. The zero-order chi connectivity index (χ0) is 38.9. The van der Waals surface area contributed by atoms with Crippen LogP contribution in [0.5, 0.6) is 0 Å². The first-order chi connectivity index (χ1) is 24.7. The highest BCUT2D eigenvalue weighted by Gasteiger charge is 2.47. The molecule has 0 aliphatic carbocycles. The summed E-state index contributed by atoms with van der Waals surface area (Å²) < 4.78 is 136. The standard InChI is InChI=1S/C35H35F9N4O5/c1-2-32(45)18-27(26-17-22(33(36,37)38)5-6-28(26)48(32)31(51)53-9-3-4-29(49)50)30-21(15-25(19-46-30)47-7-10-52-11-8-47)12-20-13-23(34(39,40)41)16-24(14-20)35(42,43)44/h5-6,13-17,19,27H,2-4,7-12,18,45H2,1H3,(H,49,50)/t27-,32+/m0/s1. The Balaban J connectivity index is 1.69. The lowest BCUT2D eigenvalue weighted by atomic mass is 9.77. The third-order valence-electron chi connectivity index (χ3n) is 9.26. The molecule has 0 saturated carbocycles. The van der Waals surface area contributed by atoms with Crippen LogP contribution in [-0.4, -0.2) is 60.7 Å². The smallest absolute Gasteiger partial charge is 0.416 e. The molecule has 18 heteroatoms. The van der Waals surface area contributed by atoms with Crippen LogP contribution in [0.2, 0.25) is 0 Å². The van der Waals surface area contributed by atoms with E-state index in [0.717, 1.165) is 23.1 Å². The molecular weight excluding hydrogens is 727 g/mol. The highest BCUT2D eigenvalue weighted by molar-refractivity contribution is 5.91. The van der Waals surface area contributed by atoms with Crippen molar-refractivity contribution < 1.29 is 63.7 Å². The van der Waals surface area contributed by atoms with Crippen molar-refractivity contribution in [2.75, 3.05) is 42.7 Å². The van der Waals surface area contributed by atoms with Crippen molar-refractivity contribution in [2.24, 2.45) is 5.73 Å². The lowest BCUT2D eigenvalue weighted by molar-refractivity contribution is -0.143. The van der Waals surface area contributed by atoms with Crippen LogP contribution in [0.25, 0.3) is 0 Å². The fourth-order valence-electron chi connectivity index (χ4n) is 6.58. The molecular formula is C35H35F9N4O5. The number of pyridine rings is 1. The third kappa shape index (κ3) is 8.97. The maximum absolute atomic E-state index is 14.1. The molecule has 2 aromatic carbocycles. The number of fused-ring (bicyclic) bond motifs is 1. The van der Waals surface area contributed by atoms with Gasteiger partial charge >= 0.3 is 30.6 Å². The van der Waals surface area contributed by atoms with E-state index in [1.54, 1.807) is 6.92 Å². The molecule has 288 valence electrons. The Bertz CT molecular complexity index is 1790. The summed E-state index contributed by atoms with van der Waals surface area (Å²) in [5, 5.41) is 8.94. The fraction of sp³-hybridized carbons (Fsp3) is 0.457. The number of ether oxygens (including phenoxy) is 2. The Kier molecular flexibility index (Phi) is 11.2. The van der Waals surface area contributed by atoms with Crippen molar-refractivity contribution in [1.29, 1.82) is 0 Å². The number of benzene rings is 2. The first-order valence-electron chi connectivity index (χ1n) is 16.5. The first kappa shape index (κ1) is 39.6. The normalized spacial score (nSPS) is 19.6. The molecule has 2 aliphatic heterocycles. The minimum absolute atomic E-state index is 0.00221. The molecule has 0 radical (unpaired) electrons. The van der Waals surface area contributed by atoms with E-state index >= 15 is 0 Å². The monoisotopic (exact) mass is 762 g/mol. The lowest BCUT2D eigenvalue weighted by Gasteiger charge is -2.47. The zero-order valence-corrected chi connectivity index (χ0v) is 28.2. The highest BCUT2D eigenvalue weighted by Crippen LogP contribution is 2.49. The molecule has 3 heterocycles. The summed E-state index contributed by atoms with van der Waals surface area (Å²) in [4.78, 5) is 31.9. The van der Waals surface area contributed by atoms with Crippen LogP contribution in [0, 0.1) is 0 Å². The van der Waals surface area contributed by atoms with E-state index < -0.39 is 65.3 Å². The van der Waals surface area contributed by atoms with Crippen molar-refractivity contribution in [3.05, 3.63) is 87.7 Å². The summed E-state index contributed by atoms with van der Waals surface area (Å²) in [5.74, 6) is -2.29. The number of hydrogen-bond acceptors (Lipinski definition) is 7. The van der Waals surface area contributed by atoms with E-state index in [2.05, 4.69) is 4.98 Å². The van der Waals surface area contributed by atoms with Gasteiger partial charge in [0.15, 0.2) is 0 Å². The van der Waals surface area contributed by atoms with E-state index in [9.17, 15) is 49.1 Å². The number of carboxylic acid groups (broad SMARTS) is 1. The molecule has 2 aliphatic rings. The summed E-state index contributed by atoms with van der Waals surface area (Å²) in [6.45, 7) is 2.68. The van der Waals surface area contributed by atoms with Gasteiger partial charge in [-0.05, 0) is 84.8 Å². The number of nitrogens with zero attached hydrogens (tertiary/aromatic N) is 3. The molecule has 1 aromatic heterocycles. The van der Waals surface area contributed by atoms with Gasteiger partial charge < -0.3 is 25.2 Å². The Morgan fingerprint density at radius 3 is 2.13 bits per heavy atom. The number of rotatable bonds is 9. The van der Waals surface area contributed by atoms with Crippen molar-refractivity contribution in [3.8, 4) is 0 Å². The average molecular weight is 763 g/mol. The number of alkyl halides is 9. The number of carboxylic acids is 1. The number of halogens is 9. The third-order valence-corrected chi connectivity index (χ3v) is 9.26. The number of morpholine rings is 1. The number of hydrogen-bond donors (Lipinski definition) is 2. The van der Waals surface area contributed by atoms with Gasteiger partial charge in [-0.3, -0.25) is 14.7 Å². The molecule has 0 bridgehead atoms. The summed E-state index contributed by atoms with van der Waals surface area (Å²) >= 11 is 0. The first-order valence-corrected chi connectivity index (χ1v) is 16.5. The maximum Gasteiger partial charge on any atom is 0.416 e. The van der Waals surface area contributed by atoms with Crippen molar-refractivity contribution in [3.63, 3.8) is 0 Å². The van der Waals surface area contributed by atoms with Crippen LogP contribution in [0.4, 0.5) is 55.7 Å². The van der Waals surface area contributed by atoms with Crippen LogP contribution in [0.3, 0.4) is 0 Å². The van der Waals surface area contributed by atoms with Crippen LogP contribution >= 0.6 is 0 Å². The molecule has 2 atom stereocenters. The largest absolute Gasteiger partial charge is 0.481 e. The van der Waals surface area contributed by atoms with Gasteiger partial charge in [-0.2, -0.15) is 39.5 Å². The molecule has 1 saturated heterocycles. The van der Waals surface area contributed by atoms with Gasteiger partial charge in [0.05, 0.1) is 59.8 Å². The number of carbonyl (C=O) groups excluding carboxylic acids is 1. The SMILES string of the molecule is CC[C@]1(N)C[C@H](c2ncc(N3CCOCC3)cc2Cc2cc(C(F)(F)F)cc(C(F)(F)F)c2)c2cc(C(F)(F)F)ccc2N1C(=O)OCCCC(=O)O. The molecule has 53 heavy (non-hydrogen) atoms. The Hall–Kier alpha value is -4.58. The van der Waals surface area contributed by atoms with E-state index in [4.69, 9.17) is 20.3 Å². The second kappa shape index (κ2) is 15.0. The predicted molar refractivity (Wildman–Crippen MR) is 172 cm³/mol. The molecule has 0 unspecified atom stereocenters. The number of amides is 1. The van der Waals surface area contributed by atoms with Crippen LogP contribution in [0.15, 0.2) is 48.7 Å². The van der Waals surface area contributed by atoms with Crippen molar-refractivity contribution in [2.45, 2.75) is 69.1 Å². The maximum atomic E-state index is 14.1.